The molecule has 0 spiro atoms. The van der Waals surface area contributed by atoms with Crippen LogP contribution in [-0.2, 0) is 16.2 Å². The number of fused-ring (bicyclic) bond motifs is 1. The van der Waals surface area contributed by atoms with E-state index in [4.69, 9.17) is 9.83 Å². The summed E-state index contributed by atoms with van der Waals surface area (Å²) in [6, 6.07) is 24.1. The third-order valence-corrected chi connectivity index (χ3v) is 8.57. The van der Waals surface area contributed by atoms with Gasteiger partial charge in [-0.2, -0.15) is 0 Å². The van der Waals surface area contributed by atoms with Crippen LogP contribution in [0.4, 0.5) is 17.1 Å². The van der Waals surface area contributed by atoms with E-state index in [1.165, 1.54) is 11.8 Å². The zero-order valence-electron chi connectivity index (χ0n) is 21.5. The molecule has 0 radical (unpaired) electrons. The molecule has 7 nitrogen and oxygen atoms in total. The molecule has 5 rings (SSSR count). The second-order valence-electron chi connectivity index (χ2n) is 8.68. The first kappa shape index (κ1) is 26.0. The number of anilines is 2. The molecule has 1 amide bonds. The largest absolute Gasteiger partial charge is 0.384 e. The van der Waals surface area contributed by atoms with E-state index in [0.29, 0.717) is 22.3 Å². The van der Waals surface area contributed by atoms with Crippen molar-refractivity contribution in [1.29, 1.82) is 0 Å². The second-order valence-corrected chi connectivity index (χ2v) is 10.7. The Morgan fingerprint density at radius 2 is 1.82 bits per heavy atom. The van der Waals surface area contributed by atoms with Crippen molar-refractivity contribution in [2.75, 3.05) is 30.9 Å². The van der Waals surface area contributed by atoms with E-state index < -0.39 is 0 Å². The Balaban J connectivity index is 1.59. The predicted octanol–water partition coefficient (Wildman–Crippen LogP) is 6.41. The number of carbonyl (C=O) groups is 1. The summed E-state index contributed by atoms with van der Waals surface area (Å²) in [5.41, 5.74) is 7.99. The van der Waals surface area contributed by atoms with Crippen molar-refractivity contribution in [3.05, 3.63) is 100 Å². The SMILES string of the molecule is C=C(NOC)c1ccc(NCC)c(N=C2SC(=C3Sc4ccccc4N3C)C(=O)N2Cc2ccccc2)c1. The van der Waals surface area contributed by atoms with Crippen molar-refractivity contribution in [2.24, 2.45) is 4.99 Å². The molecule has 0 unspecified atom stereocenters. The van der Waals surface area contributed by atoms with E-state index in [2.05, 4.69) is 34.4 Å². The van der Waals surface area contributed by atoms with Gasteiger partial charge in [0.1, 0.15) is 4.91 Å². The molecule has 2 N–H and O–H groups in total. The highest BCUT2D eigenvalue weighted by atomic mass is 32.2. The molecule has 2 aliphatic rings. The third kappa shape index (κ3) is 5.18. The maximum absolute atomic E-state index is 13.9. The number of nitrogens with zero attached hydrogens (tertiary/aromatic N) is 3. The average molecular weight is 544 g/mol. The van der Waals surface area contributed by atoms with Crippen LogP contribution >= 0.6 is 23.5 Å². The van der Waals surface area contributed by atoms with Gasteiger partial charge in [0.25, 0.3) is 5.91 Å². The molecule has 194 valence electrons. The molecule has 2 aliphatic heterocycles. The van der Waals surface area contributed by atoms with Gasteiger partial charge in [0.05, 0.1) is 41.4 Å². The lowest BCUT2D eigenvalue weighted by molar-refractivity contribution is -0.122. The summed E-state index contributed by atoms with van der Waals surface area (Å²) >= 11 is 3.04. The zero-order chi connectivity index (χ0) is 26.6. The highest BCUT2D eigenvalue weighted by Crippen LogP contribution is 2.50. The van der Waals surface area contributed by atoms with Crippen molar-refractivity contribution in [2.45, 2.75) is 18.4 Å². The normalized spacial score (nSPS) is 17.8. The Hall–Kier alpha value is -3.66. The summed E-state index contributed by atoms with van der Waals surface area (Å²) in [6.45, 7) is 7.26. The number of thioether (sulfide) groups is 2. The van der Waals surface area contributed by atoms with Crippen LogP contribution in [0, 0.1) is 0 Å². The number of rotatable bonds is 8. The van der Waals surface area contributed by atoms with Gasteiger partial charge in [-0.15, -0.1) is 0 Å². The Bertz CT molecular complexity index is 1440. The van der Waals surface area contributed by atoms with Crippen LogP contribution in [-0.4, -0.2) is 36.7 Å². The second kappa shape index (κ2) is 11.4. The number of hydroxylamine groups is 1. The molecule has 38 heavy (non-hydrogen) atoms. The van der Waals surface area contributed by atoms with Gasteiger partial charge >= 0.3 is 0 Å². The lowest BCUT2D eigenvalue weighted by atomic mass is 10.1. The maximum atomic E-state index is 13.9. The first-order valence-electron chi connectivity index (χ1n) is 12.2. The molecule has 0 aromatic heterocycles. The fourth-order valence-electron chi connectivity index (χ4n) is 4.26. The topological polar surface area (TPSA) is 69.2 Å². The molecule has 0 bridgehead atoms. The number of hydrogen-bond acceptors (Lipinski definition) is 8. The van der Waals surface area contributed by atoms with Gasteiger partial charge in [-0.25, -0.2) is 4.99 Å². The van der Waals surface area contributed by atoms with Crippen molar-refractivity contribution in [3.63, 3.8) is 0 Å². The highest BCUT2D eigenvalue weighted by Gasteiger charge is 2.39. The number of amides is 1. The lowest BCUT2D eigenvalue weighted by Gasteiger charge is -2.17. The number of benzene rings is 3. The van der Waals surface area contributed by atoms with Crippen molar-refractivity contribution in [3.8, 4) is 0 Å². The molecule has 3 aromatic carbocycles. The van der Waals surface area contributed by atoms with E-state index in [0.717, 1.165) is 44.7 Å². The van der Waals surface area contributed by atoms with Crippen LogP contribution in [0.3, 0.4) is 0 Å². The van der Waals surface area contributed by atoms with Crippen LogP contribution in [0.2, 0.25) is 0 Å². The molecule has 9 heteroatoms. The average Bonchev–Trinajstić information content (AvgIpc) is 3.42. The van der Waals surface area contributed by atoms with Gasteiger partial charge in [-0.05, 0) is 48.5 Å². The van der Waals surface area contributed by atoms with Gasteiger partial charge in [-0.1, -0.05) is 66.9 Å². The van der Waals surface area contributed by atoms with Crippen LogP contribution in [0.5, 0.6) is 0 Å². The van der Waals surface area contributed by atoms with Crippen LogP contribution in [0.25, 0.3) is 5.70 Å². The Labute approximate surface area is 231 Å². The van der Waals surface area contributed by atoms with Gasteiger partial charge < -0.3 is 10.2 Å². The van der Waals surface area contributed by atoms with E-state index in [-0.39, 0.29) is 5.91 Å². The predicted molar refractivity (Wildman–Crippen MR) is 159 cm³/mol. The third-order valence-electron chi connectivity index (χ3n) is 6.13. The monoisotopic (exact) mass is 543 g/mol. The standard InChI is InChI=1S/C29H29N5O2S2/c1-5-30-22-16-15-21(19(2)32-36-4)17-23(22)31-29-34(18-20-11-7-6-8-12-20)27(35)26(38-29)28-33(3)24-13-9-10-14-25(24)37-28/h6-17,30,32H,2,5,18H2,1,3-4H3. The molecule has 0 saturated carbocycles. The van der Waals surface area contributed by atoms with Crippen LogP contribution in [0.1, 0.15) is 18.1 Å². The number of carbonyl (C=O) groups excluding carboxylic acids is 1. The summed E-state index contributed by atoms with van der Waals surface area (Å²) in [7, 11) is 3.56. The molecule has 3 aromatic rings. The molecular weight excluding hydrogens is 514 g/mol. The van der Waals surface area contributed by atoms with Crippen molar-refractivity contribution >= 4 is 57.4 Å². The van der Waals surface area contributed by atoms with Gasteiger partial charge in [0.2, 0.25) is 0 Å². The minimum Gasteiger partial charge on any atom is -0.384 e. The summed E-state index contributed by atoms with van der Waals surface area (Å²) < 4.78 is 0. The molecule has 0 aliphatic carbocycles. The molecule has 0 atom stereocenters. The van der Waals surface area contributed by atoms with Crippen molar-refractivity contribution in [1.82, 2.24) is 10.4 Å². The molecular formula is C29H29N5O2S2. The fraction of sp³-hybridized carbons (Fsp3) is 0.172. The van der Waals surface area contributed by atoms with Crippen molar-refractivity contribution < 1.29 is 9.63 Å². The zero-order valence-corrected chi connectivity index (χ0v) is 23.2. The van der Waals surface area contributed by atoms with Gasteiger partial charge in [0.15, 0.2) is 5.17 Å². The smallest absolute Gasteiger partial charge is 0.269 e. The fourth-order valence-corrected chi connectivity index (χ4v) is 6.60. The van der Waals surface area contributed by atoms with E-state index in [1.54, 1.807) is 23.8 Å². The Morgan fingerprint density at radius 1 is 1.05 bits per heavy atom. The number of nitrogens with one attached hydrogen (secondary N) is 2. The van der Waals surface area contributed by atoms with Gasteiger partial charge in [0, 0.05) is 24.1 Å². The summed E-state index contributed by atoms with van der Waals surface area (Å²) in [6.07, 6.45) is 0. The molecule has 1 fully saturated rings. The minimum absolute atomic E-state index is 0.0497. The van der Waals surface area contributed by atoms with Gasteiger partial charge in [-0.3, -0.25) is 20.0 Å². The van der Waals surface area contributed by atoms with Crippen LogP contribution < -0.4 is 15.7 Å². The molecule has 1 saturated heterocycles. The number of hydrogen-bond donors (Lipinski definition) is 2. The minimum atomic E-state index is -0.0497. The van der Waals surface area contributed by atoms with Crippen LogP contribution in [0.15, 0.2) is 99.2 Å². The van der Waals surface area contributed by atoms with E-state index in [1.807, 2.05) is 74.6 Å². The Morgan fingerprint density at radius 3 is 2.55 bits per heavy atom. The quantitative estimate of drug-likeness (QED) is 0.251. The number of para-hydroxylation sites is 1. The van der Waals surface area contributed by atoms with E-state index >= 15 is 0 Å². The molecule has 2 heterocycles. The first-order valence-corrected chi connectivity index (χ1v) is 13.9. The summed E-state index contributed by atoms with van der Waals surface area (Å²) in [4.78, 5) is 29.7. The van der Waals surface area contributed by atoms with E-state index in [9.17, 15) is 4.79 Å². The number of amidine groups is 1. The maximum Gasteiger partial charge on any atom is 0.269 e. The Kier molecular flexibility index (Phi) is 7.78. The number of aliphatic imine (C=N–C) groups is 1. The summed E-state index contributed by atoms with van der Waals surface area (Å²) in [5.74, 6) is -0.0497. The highest BCUT2D eigenvalue weighted by molar-refractivity contribution is 8.19. The lowest BCUT2D eigenvalue weighted by Crippen LogP contribution is -2.29. The first-order chi connectivity index (χ1) is 18.5. The summed E-state index contributed by atoms with van der Waals surface area (Å²) in [5, 5.41) is 4.94.